The molecule has 0 heterocycles. The summed E-state index contributed by atoms with van der Waals surface area (Å²) in [5, 5.41) is 25.3. The monoisotopic (exact) mass is 561 g/mol. The molecule has 1 fully saturated rings. The van der Waals surface area contributed by atoms with Gasteiger partial charge in [0.1, 0.15) is 6.10 Å². The smallest absolute Gasteiger partial charge is 0.317 e. The van der Waals surface area contributed by atoms with Crippen molar-refractivity contribution in [3.63, 3.8) is 0 Å². The highest BCUT2D eigenvalue weighted by molar-refractivity contribution is 5.97. The van der Waals surface area contributed by atoms with Crippen LogP contribution < -0.4 is 10.1 Å². The number of halogens is 1. The zero-order valence-electron chi connectivity index (χ0n) is 23.9. The number of nitrogens with one attached hydrogen (secondary N) is 1. The van der Waals surface area contributed by atoms with Crippen molar-refractivity contribution in [2.45, 2.75) is 70.1 Å². The molecule has 0 spiro atoms. The zero-order valence-corrected chi connectivity index (χ0v) is 23.9. The molecule has 1 aromatic rings. The summed E-state index contributed by atoms with van der Waals surface area (Å²) in [7, 11) is 3.03. The SMILES string of the molecule is C=NOC(CC/C(=C/C(Cc1ccc(F)c(OC)c1)=NCC)N=C)C1CCC(NC(=O)N(C)CC(O)CO)CC1. The van der Waals surface area contributed by atoms with E-state index < -0.39 is 18.5 Å². The first kappa shape index (κ1) is 32.9. The van der Waals surface area contributed by atoms with Crippen LogP contribution in [-0.4, -0.2) is 92.4 Å². The first-order chi connectivity index (χ1) is 19.2. The van der Waals surface area contributed by atoms with Gasteiger partial charge in [-0.05, 0) is 81.9 Å². The summed E-state index contributed by atoms with van der Waals surface area (Å²) < 4.78 is 18.9. The van der Waals surface area contributed by atoms with Crippen LogP contribution in [0.4, 0.5) is 9.18 Å². The Bertz CT molecular complexity index is 1030. The maximum absolute atomic E-state index is 13.8. The molecule has 10 nitrogen and oxygen atoms in total. The standard InChI is InChI=1S/C29H44FN5O5/c1-6-33-24(15-20-7-13-26(30)28(16-20)39-5)17-23(31-2)12-14-27(40-32-3)21-8-10-22(11-9-21)34-29(38)35(4)18-25(37)19-36/h7,13,16-17,21-22,25,27,36-37H,2-3,6,8-12,14-15,18-19H2,1,4-5H3,(H,34,38)/b23-17-,33-24?. The van der Waals surface area contributed by atoms with Gasteiger partial charge in [0.15, 0.2) is 11.6 Å². The first-order valence-corrected chi connectivity index (χ1v) is 13.7. The Morgan fingerprint density at radius 3 is 2.62 bits per heavy atom. The number of aliphatic hydroxyl groups is 2. The van der Waals surface area contributed by atoms with Gasteiger partial charge in [-0.15, -0.1) is 5.16 Å². The molecule has 3 N–H and O–H groups in total. The molecule has 0 saturated heterocycles. The van der Waals surface area contributed by atoms with E-state index in [9.17, 15) is 14.3 Å². The number of oxime groups is 1. The minimum atomic E-state index is -0.962. The number of methoxy groups -OCH3 is 1. The van der Waals surface area contributed by atoms with Crippen LogP contribution in [0.2, 0.25) is 0 Å². The summed E-state index contributed by atoms with van der Waals surface area (Å²) >= 11 is 0. The molecular weight excluding hydrogens is 517 g/mol. The zero-order chi connectivity index (χ0) is 29.5. The molecule has 1 aromatic carbocycles. The van der Waals surface area contributed by atoms with E-state index in [-0.39, 0.29) is 36.4 Å². The highest BCUT2D eigenvalue weighted by atomic mass is 19.1. The lowest BCUT2D eigenvalue weighted by Gasteiger charge is -2.33. The van der Waals surface area contributed by atoms with E-state index >= 15 is 0 Å². The van der Waals surface area contributed by atoms with Crippen LogP contribution in [-0.2, 0) is 11.3 Å². The van der Waals surface area contributed by atoms with Crippen molar-refractivity contribution >= 4 is 25.2 Å². The van der Waals surface area contributed by atoms with Crippen molar-refractivity contribution < 1.29 is 29.0 Å². The minimum Gasteiger partial charge on any atom is -0.494 e. The summed E-state index contributed by atoms with van der Waals surface area (Å²) in [6.07, 6.45) is 5.85. The number of amides is 2. The lowest BCUT2D eigenvalue weighted by atomic mass is 9.81. The number of allylic oxidation sites excluding steroid dienone is 2. The van der Waals surface area contributed by atoms with Crippen LogP contribution in [0.5, 0.6) is 5.75 Å². The Kier molecular flexibility index (Phi) is 14.3. The van der Waals surface area contributed by atoms with E-state index in [0.29, 0.717) is 25.8 Å². The topological polar surface area (TPSA) is 128 Å². The molecule has 2 unspecified atom stereocenters. The molecule has 1 aliphatic carbocycles. The average Bonchev–Trinajstić information content (AvgIpc) is 2.95. The van der Waals surface area contributed by atoms with Gasteiger partial charge in [0, 0.05) is 44.2 Å². The molecule has 40 heavy (non-hydrogen) atoms. The number of nitrogens with zero attached hydrogens (tertiary/aromatic N) is 4. The third-order valence-electron chi connectivity index (χ3n) is 7.06. The van der Waals surface area contributed by atoms with Crippen LogP contribution in [0.25, 0.3) is 0 Å². The number of hydrogen-bond acceptors (Lipinski definition) is 8. The van der Waals surface area contributed by atoms with E-state index in [1.165, 1.54) is 18.1 Å². The van der Waals surface area contributed by atoms with Crippen molar-refractivity contribution in [2.24, 2.45) is 21.1 Å². The number of aliphatic hydroxyl groups excluding tert-OH is 2. The summed E-state index contributed by atoms with van der Waals surface area (Å²) in [4.78, 5) is 28.3. The lowest BCUT2D eigenvalue weighted by molar-refractivity contribution is -0.00254. The van der Waals surface area contributed by atoms with Gasteiger partial charge in [0.2, 0.25) is 0 Å². The second-order valence-electron chi connectivity index (χ2n) is 9.99. The quantitative estimate of drug-likeness (QED) is 0.209. The van der Waals surface area contributed by atoms with Crippen molar-refractivity contribution in [1.29, 1.82) is 0 Å². The normalized spacial score (nSPS) is 19.4. The number of carbonyl (C=O) groups excluding carboxylic acids is 1. The molecule has 222 valence electrons. The summed E-state index contributed by atoms with van der Waals surface area (Å²) in [5.74, 6) is 0.0277. The second kappa shape index (κ2) is 17.4. The lowest BCUT2D eigenvalue weighted by Crippen LogP contribution is -2.47. The van der Waals surface area contributed by atoms with E-state index in [1.807, 2.05) is 13.0 Å². The number of carbonyl (C=O) groups is 1. The van der Waals surface area contributed by atoms with Gasteiger partial charge in [0.05, 0.1) is 26.4 Å². The van der Waals surface area contributed by atoms with E-state index in [0.717, 1.165) is 42.7 Å². The number of likely N-dealkylation sites (N-methyl/N-ethyl adjacent to an activating group) is 1. The molecule has 0 aromatic heterocycles. The fourth-order valence-electron chi connectivity index (χ4n) is 4.91. The molecule has 2 rings (SSSR count). The second-order valence-corrected chi connectivity index (χ2v) is 9.99. The summed E-state index contributed by atoms with van der Waals surface area (Å²) in [6.45, 7) is 9.47. The molecule has 1 saturated carbocycles. The Balaban J connectivity index is 1.97. The van der Waals surface area contributed by atoms with Crippen molar-refractivity contribution in [3.05, 3.63) is 41.4 Å². The van der Waals surface area contributed by atoms with Crippen LogP contribution in [0.3, 0.4) is 0 Å². The Morgan fingerprint density at radius 1 is 1.30 bits per heavy atom. The molecule has 0 aliphatic heterocycles. The molecular formula is C29H44FN5O5. The van der Waals surface area contributed by atoms with E-state index in [4.69, 9.17) is 14.7 Å². The number of aliphatic imine (C=N–C) groups is 2. The molecule has 1 aliphatic rings. The van der Waals surface area contributed by atoms with Gasteiger partial charge in [-0.3, -0.25) is 9.98 Å². The number of rotatable bonds is 16. The van der Waals surface area contributed by atoms with Gasteiger partial charge in [-0.25, -0.2) is 9.18 Å². The number of ether oxygens (including phenoxy) is 1. The van der Waals surface area contributed by atoms with Gasteiger partial charge < -0.3 is 30.0 Å². The van der Waals surface area contributed by atoms with Crippen molar-refractivity contribution in [1.82, 2.24) is 10.2 Å². The number of hydrogen-bond donors (Lipinski definition) is 3. The predicted octanol–water partition coefficient (Wildman–Crippen LogP) is 3.76. The van der Waals surface area contributed by atoms with Crippen LogP contribution in [0.1, 0.15) is 51.0 Å². The van der Waals surface area contributed by atoms with Crippen molar-refractivity contribution in [2.75, 3.05) is 33.9 Å². The Labute approximate surface area is 236 Å². The molecule has 2 atom stereocenters. The Morgan fingerprint density at radius 2 is 2.02 bits per heavy atom. The summed E-state index contributed by atoms with van der Waals surface area (Å²) in [6, 6.07) is 4.53. The van der Waals surface area contributed by atoms with Gasteiger partial charge in [-0.2, -0.15) is 0 Å². The fraction of sp³-hybridized carbons (Fsp3) is 0.586. The third-order valence-corrected chi connectivity index (χ3v) is 7.06. The first-order valence-electron chi connectivity index (χ1n) is 13.7. The van der Waals surface area contributed by atoms with Crippen LogP contribution in [0, 0.1) is 11.7 Å². The predicted molar refractivity (Wildman–Crippen MR) is 156 cm³/mol. The highest BCUT2D eigenvalue weighted by Crippen LogP contribution is 2.31. The van der Waals surface area contributed by atoms with E-state index in [2.05, 4.69) is 33.9 Å². The van der Waals surface area contributed by atoms with Crippen LogP contribution >= 0.6 is 0 Å². The minimum absolute atomic E-state index is 0.0259. The summed E-state index contributed by atoms with van der Waals surface area (Å²) in [5.41, 5.74) is 2.46. The van der Waals surface area contributed by atoms with Gasteiger partial charge in [0.25, 0.3) is 0 Å². The Hall–Kier alpha value is -3.31. The number of benzene rings is 1. The largest absolute Gasteiger partial charge is 0.494 e. The maximum atomic E-state index is 13.8. The highest BCUT2D eigenvalue weighted by Gasteiger charge is 2.30. The average molecular weight is 562 g/mol. The van der Waals surface area contributed by atoms with Gasteiger partial charge >= 0.3 is 6.03 Å². The molecule has 11 heteroatoms. The fourth-order valence-corrected chi connectivity index (χ4v) is 4.91. The molecule has 2 amide bonds. The van der Waals surface area contributed by atoms with Crippen LogP contribution in [0.15, 0.2) is 45.1 Å². The molecule has 0 radical (unpaired) electrons. The maximum Gasteiger partial charge on any atom is 0.317 e. The van der Waals surface area contributed by atoms with Gasteiger partial charge in [-0.1, -0.05) is 6.07 Å². The number of urea groups is 1. The van der Waals surface area contributed by atoms with E-state index in [1.54, 1.807) is 19.2 Å². The van der Waals surface area contributed by atoms with Crippen molar-refractivity contribution in [3.8, 4) is 5.75 Å². The third kappa shape index (κ3) is 10.7. The molecule has 0 bridgehead atoms.